The van der Waals surface area contributed by atoms with E-state index < -0.39 is 9.84 Å². The maximum absolute atomic E-state index is 11.5. The summed E-state index contributed by atoms with van der Waals surface area (Å²) < 4.78 is 22.9. The van der Waals surface area contributed by atoms with Gasteiger partial charge in [-0.2, -0.15) is 0 Å². The first-order valence-corrected chi connectivity index (χ1v) is 12.6. The molecular formula is C22H39IN4O2S. The highest BCUT2D eigenvalue weighted by Crippen LogP contribution is 2.21. The highest BCUT2D eigenvalue weighted by atomic mass is 127. The van der Waals surface area contributed by atoms with Crippen LogP contribution in [0.3, 0.4) is 0 Å². The smallest absolute Gasteiger partial charge is 0.193 e. The average Bonchev–Trinajstić information content (AvgIpc) is 2.68. The van der Waals surface area contributed by atoms with Crippen LogP contribution in [-0.4, -0.2) is 65.0 Å². The highest BCUT2D eigenvalue weighted by molar-refractivity contribution is 14.0. The summed E-state index contributed by atoms with van der Waals surface area (Å²) in [5.74, 6) is 1.02. The molecule has 1 heterocycles. The molecule has 0 amide bonds. The largest absolute Gasteiger partial charge is 0.372 e. The molecule has 0 bridgehead atoms. The number of hydrogen-bond acceptors (Lipinski definition) is 4. The molecular weight excluding hydrogens is 511 g/mol. The first kappa shape index (κ1) is 27.0. The summed E-state index contributed by atoms with van der Waals surface area (Å²) in [7, 11) is 0.863. The number of piperidine rings is 1. The van der Waals surface area contributed by atoms with Crippen molar-refractivity contribution in [3.05, 3.63) is 29.8 Å². The lowest BCUT2D eigenvalue weighted by Crippen LogP contribution is -2.43. The highest BCUT2D eigenvalue weighted by Gasteiger charge is 2.21. The number of guanidine groups is 1. The Balaban J connectivity index is 0.00000450. The van der Waals surface area contributed by atoms with E-state index in [0.29, 0.717) is 13.0 Å². The Morgan fingerprint density at radius 1 is 1.17 bits per heavy atom. The van der Waals surface area contributed by atoms with E-state index in [9.17, 15) is 8.42 Å². The normalized spacial score (nSPS) is 15.5. The van der Waals surface area contributed by atoms with Crippen molar-refractivity contribution >= 4 is 45.5 Å². The van der Waals surface area contributed by atoms with E-state index in [-0.39, 0.29) is 35.1 Å². The average molecular weight is 551 g/mol. The van der Waals surface area contributed by atoms with Crippen molar-refractivity contribution in [2.45, 2.75) is 46.1 Å². The molecule has 8 heteroatoms. The lowest BCUT2D eigenvalue weighted by molar-refractivity contribution is 0.340. The third kappa shape index (κ3) is 9.41. The maximum Gasteiger partial charge on any atom is 0.193 e. The van der Waals surface area contributed by atoms with Crippen molar-refractivity contribution in [1.82, 2.24) is 10.2 Å². The summed E-state index contributed by atoms with van der Waals surface area (Å²) in [6.45, 7) is 7.92. The second-order valence-electron chi connectivity index (χ2n) is 9.02. The fraction of sp³-hybridized carbons (Fsp3) is 0.682. The lowest BCUT2D eigenvalue weighted by atomic mass is 9.90. The third-order valence-electron chi connectivity index (χ3n) is 5.53. The molecule has 6 nitrogen and oxygen atoms in total. The van der Waals surface area contributed by atoms with E-state index in [0.717, 1.165) is 25.6 Å². The molecule has 0 aromatic heterocycles. The van der Waals surface area contributed by atoms with Gasteiger partial charge in [-0.15, -0.1) is 24.0 Å². The van der Waals surface area contributed by atoms with Crippen LogP contribution in [0.5, 0.6) is 0 Å². The summed E-state index contributed by atoms with van der Waals surface area (Å²) >= 11 is 0. The van der Waals surface area contributed by atoms with Crippen LogP contribution in [0.25, 0.3) is 0 Å². The first-order chi connectivity index (χ1) is 13.6. The van der Waals surface area contributed by atoms with Gasteiger partial charge in [0.25, 0.3) is 0 Å². The Morgan fingerprint density at radius 2 is 1.77 bits per heavy atom. The summed E-state index contributed by atoms with van der Waals surface area (Å²) in [6.07, 6.45) is 5.83. The molecule has 1 aliphatic heterocycles. The molecule has 1 saturated heterocycles. The van der Waals surface area contributed by atoms with Crippen molar-refractivity contribution in [3.8, 4) is 0 Å². The van der Waals surface area contributed by atoms with Gasteiger partial charge in [-0.3, -0.25) is 4.99 Å². The van der Waals surface area contributed by atoms with Gasteiger partial charge in [0, 0.05) is 52.2 Å². The molecule has 0 radical (unpaired) electrons. The molecule has 1 N–H and O–H groups in total. The van der Waals surface area contributed by atoms with E-state index in [1.54, 1.807) is 7.05 Å². The minimum absolute atomic E-state index is 0. The SMILES string of the molecule is CN=C(NCC(C)(C)CCS(C)(=O)=O)N(C)Cc1ccc(N2CCCCC2)cc1.I. The Bertz CT molecular complexity index is 773. The first-order valence-electron chi connectivity index (χ1n) is 10.5. The van der Waals surface area contributed by atoms with Crippen molar-refractivity contribution < 1.29 is 8.42 Å². The zero-order chi connectivity index (χ0) is 21.5. The van der Waals surface area contributed by atoms with E-state index in [2.05, 4.69) is 58.2 Å². The molecule has 172 valence electrons. The fourth-order valence-corrected chi connectivity index (χ4v) is 4.49. The molecule has 1 fully saturated rings. The van der Waals surface area contributed by atoms with Crippen LogP contribution in [0.1, 0.15) is 45.1 Å². The number of nitrogens with zero attached hydrogens (tertiary/aromatic N) is 3. The minimum Gasteiger partial charge on any atom is -0.372 e. The quantitative estimate of drug-likeness (QED) is 0.304. The topological polar surface area (TPSA) is 65.0 Å². The van der Waals surface area contributed by atoms with E-state index >= 15 is 0 Å². The predicted molar refractivity (Wildman–Crippen MR) is 139 cm³/mol. The zero-order valence-electron chi connectivity index (χ0n) is 19.1. The maximum atomic E-state index is 11.5. The predicted octanol–water partition coefficient (Wildman–Crippen LogP) is 3.76. The van der Waals surface area contributed by atoms with Crippen LogP contribution in [0.2, 0.25) is 0 Å². The number of halogens is 1. The minimum atomic E-state index is -2.94. The molecule has 0 aliphatic carbocycles. The molecule has 1 aromatic rings. The molecule has 1 aliphatic rings. The standard InChI is InChI=1S/C22H38N4O2S.HI/c1-22(2,13-16-29(5,27)28)18-24-21(23-3)25(4)17-19-9-11-20(12-10-19)26-14-7-6-8-15-26;/h9-12H,6-8,13-18H2,1-5H3,(H,23,24);1H. The summed E-state index contributed by atoms with van der Waals surface area (Å²) in [6, 6.07) is 8.84. The van der Waals surface area contributed by atoms with Crippen LogP contribution in [0.15, 0.2) is 29.3 Å². The van der Waals surface area contributed by atoms with Gasteiger partial charge in [0.15, 0.2) is 5.96 Å². The fourth-order valence-electron chi connectivity index (χ4n) is 3.57. The van der Waals surface area contributed by atoms with Crippen molar-refractivity contribution in [1.29, 1.82) is 0 Å². The summed E-state index contributed by atoms with van der Waals surface area (Å²) in [5.41, 5.74) is 2.43. The van der Waals surface area contributed by atoms with Crippen LogP contribution in [0.4, 0.5) is 5.69 Å². The number of hydrogen-bond donors (Lipinski definition) is 1. The van der Waals surface area contributed by atoms with Gasteiger partial charge in [0.2, 0.25) is 0 Å². The second kappa shape index (κ2) is 12.1. The summed E-state index contributed by atoms with van der Waals surface area (Å²) in [4.78, 5) is 8.96. The van der Waals surface area contributed by atoms with Crippen molar-refractivity contribution in [2.75, 3.05) is 50.6 Å². The lowest BCUT2D eigenvalue weighted by Gasteiger charge is -2.30. The van der Waals surface area contributed by atoms with Gasteiger partial charge in [-0.05, 0) is 48.8 Å². The number of benzene rings is 1. The number of rotatable bonds is 8. The van der Waals surface area contributed by atoms with Gasteiger partial charge >= 0.3 is 0 Å². The van der Waals surface area contributed by atoms with Gasteiger partial charge in [-0.25, -0.2) is 8.42 Å². The van der Waals surface area contributed by atoms with Crippen LogP contribution < -0.4 is 10.2 Å². The van der Waals surface area contributed by atoms with Crippen molar-refractivity contribution in [2.24, 2.45) is 10.4 Å². The third-order valence-corrected chi connectivity index (χ3v) is 6.47. The van der Waals surface area contributed by atoms with Crippen LogP contribution >= 0.6 is 24.0 Å². The number of aliphatic imine (C=N–C) groups is 1. The molecule has 0 unspecified atom stereocenters. The summed E-state index contributed by atoms with van der Waals surface area (Å²) in [5, 5.41) is 3.40. The Kier molecular flexibility index (Phi) is 10.9. The van der Waals surface area contributed by atoms with Crippen LogP contribution in [0, 0.1) is 5.41 Å². The van der Waals surface area contributed by atoms with Gasteiger partial charge in [-0.1, -0.05) is 26.0 Å². The number of nitrogens with one attached hydrogen (secondary N) is 1. The Labute approximate surface area is 200 Å². The van der Waals surface area contributed by atoms with Gasteiger partial charge < -0.3 is 15.1 Å². The van der Waals surface area contributed by atoms with E-state index in [1.165, 1.54) is 36.8 Å². The molecule has 0 spiro atoms. The van der Waals surface area contributed by atoms with Gasteiger partial charge in [0.1, 0.15) is 9.84 Å². The molecule has 0 atom stereocenters. The molecule has 0 saturated carbocycles. The number of anilines is 1. The van der Waals surface area contributed by atoms with E-state index in [1.807, 2.05) is 7.05 Å². The second-order valence-corrected chi connectivity index (χ2v) is 11.3. The molecule has 1 aromatic carbocycles. The monoisotopic (exact) mass is 550 g/mol. The zero-order valence-corrected chi connectivity index (χ0v) is 22.3. The van der Waals surface area contributed by atoms with E-state index in [4.69, 9.17) is 0 Å². The Hall–Kier alpha value is -1.03. The Morgan fingerprint density at radius 3 is 2.30 bits per heavy atom. The molecule has 30 heavy (non-hydrogen) atoms. The van der Waals surface area contributed by atoms with Crippen molar-refractivity contribution in [3.63, 3.8) is 0 Å². The molecule has 2 rings (SSSR count). The van der Waals surface area contributed by atoms with Gasteiger partial charge in [0.05, 0.1) is 5.75 Å². The van der Waals surface area contributed by atoms with Crippen LogP contribution in [-0.2, 0) is 16.4 Å². The number of sulfone groups is 1.